The molecule has 0 atom stereocenters. The van der Waals surface area contributed by atoms with Gasteiger partial charge in [0.15, 0.2) is 0 Å². The Kier molecular flexibility index (Phi) is 7.29. The molecule has 0 unspecified atom stereocenters. The summed E-state index contributed by atoms with van der Waals surface area (Å²) >= 11 is 0. The molecular weight excluding hydrogens is 643 g/mol. The van der Waals surface area contributed by atoms with Crippen molar-refractivity contribution in [2.24, 2.45) is 0 Å². The maximum atomic E-state index is 4.41. The Balaban J connectivity index is 1.07. The standard InChI is InChI=1S/C50H39N3/c1-50(2)46-19-8-6-17-42(46)43-27-26-41(32-47(43)50)52(40-16-10-12-35(30-40)37-13-11-29-51-33-37)39-24-21-34(22-25-39)36-23-28-49-45(31-36)44-18-7-9-20-48(44)53(49)38-14-4-3-5-15-38/h3-22,24-27,29-33H,23,28H2,1-2H3. The van der Waals surface area contributed by atoms with Crippen LogP contribution < -0.4 is 4.90 Å². The number of allylic oxidation sites excluding steroid dienone is 1. The van der Waals surface area contributed by atoms with Gasteiger partial charge in [-0.3, -0.25) is 4.98 Å². The van der Waals surface area contributed by atoms with Crippen LogP contribution in [0.4, 0.5) is 17.1 Å². The number of benzene rings is 6. The molecule has 2 aromatic heterocycles. The van der Waals surface area contributed by atoms with Crippen LogP contribution in [0.2, 0.25) is 0 Å². The number of pyridine rings is 1. The van der Waals surface area contributed by atoms with Gasteiger partial charge in [0.05, 0.1) is 5.52 Å². The molecule has 0 spiro atoms. The smallest absolute Gasteiger partial charge is 0.0537 e. The highest BCUT2D eigenvalue weighted by Gasteiger charge is 2.35. The largest absolute Gasteiger partial charge is 0.313 e. The molecule has 2 aliphatic carbocycles. The normalized spacial score (nSPS) is 14.0. The zero-order valence-corrected chi connectivity index (χ0v) is 30.0. The Morgan fingerprint density at radius 2 is 1.30 bits per heavy atom. The Hall–Kier alpha value is -6.45. The SMILES string of the molecule is CC1(C)c2ccccc2-c2ccc(N(c3ccc(C4=Cc5c(n(-c6ccccc6)c6ccccc56)CC4)cc3)c3cccc(-c4cccnc4)c3)cc21. The third kappa shape index (κ3) is 5.15. The zero-order valence-electron chi connectivity index (χ0n) is 30.0. The molecule has 0 saturated carbocycles. The summed E-state index contributed by atoms with van der Waals surface area (Å²) in [5.41, 5.74) is 18.8. The molecule has 0 amide bonds. The number of rotatable bonds is 6. The molecule has 3 nitrogen and oxygen atoms in total. The van der Waals surface area contributed by atoms with Crippen LogP contribution in [0.5, 0.6) is 0 Å². The minimum atomic E-state index is -0.0923. The highest BCUT2D eigenvalue weighted by Crippen LogP contribution is 2.51. The van der Waals surface area contributed by atoms with Crippen molar-refractivity contribution >= 4 is 39.6 Å². The molecule has 0 radical (unpaired) electrons. The van der Waals surface area contributed by atoms with E-state index in [0.29, 0.717) is 0 Å². The van der Waals surface area contributed by atoms with Crippen LogP contribution in [0.1, 0.15) is 48.2 Å². The van der Waals surface area contributed by atoms with E-state index >= 15 is 0 Å². The first-order chi connectivity index (χ1) is 26.0. The molecule has 3 heteroatoms. The highest BCUT2D eigenvalue weighted by atomic mass is 15.1. The Morgan fingerprint density at radius 3 is 2.15 bits per heavy atom. The third-order valence-electron chi connectivity index (χ3n) is 11.4. The van der Waals surface area contributed by atoms with Crippen LogP contribution >= 0.6 is 0 Å². The number of hydrogen-bond donors (Lipinski definition) is 0. The fourth-order valence-electron chi connectivity index (χ4n) is 8.79. The second-order valence-electron chi connectivity index (χ2n) is 14.8. The van der Waals surface area contributed by atoms with E-state index < -0.39 is 0 Å². The zero-order chi connectivity index (χ0) is 35.5. The monoisotopic (exact) mass is 681 g/mol. The minimum absolute atomic E-state index is 0.0923. The number of hydrogen-bond acceptors (Lipinski definition) is 2. The van der Waals surface area contributed by atoms with Crippen molar-refractivity contribution < 1.29 is 0 Å². The van der Waals surface area contributed by atoms with Crippen LogP contribution in [-0.4, -0.2) is 9.55 Å². The lowest BCUT2D eigenvalue weighted by molar-refractivity contribution is 0.660. The van der Waals surface area contributed by atoms with Crippen LogP contribution in [0.25, 0.3) is 50.5 Å². The van der Waals surface area contributed by atoms with Crippen molar-refractivity contribution in [2.45, 2.75) is 32.1 Å². The molecule has 2 heterocycles. The minimum Gasteiger partial charge on any atom is -0.313 e. The molecule has 0 bridgehead atoms. The maximum absolute atomic E-state index is 4.41. The first kappa shape index (κ1) is 31.3. The Labute approximate surface area is 311 Å². The second-order valence-corrected chi connectivity index (χ2v) is 14.8. The fraction of sp³-hybridized carbons (Fsp3) is 0.100. The van der Waals surface area contributed by atoms with Gasteiger partial charge in [-0.05, 0) is 119 Å². The molecule has 6 aromatic carbocycles. The van der Waals surface area contributed by atoms with Crippen LogP contribution in [0.15, 0.2) is 170 Å². The van der Waals surface area contributed by atoms with Crippen molar-refractivity contribution in [1.29, 1.82) is 0 Å². The summed E-state index contributed by atoms with van der Waals surface area (Å²) in [7, 11) is 0. The highest BCUT2D eigenvalue weighted by molar-refractivity contribution is 5.99. The van der Waals surface area contributed by atoms with Gasteiger partial charge >= 0.3 is 0 Å². The van der Waals surface area contributed by atoms with Crippen LogP contribution in [0.3, 0.4) is 0 Å². The van der Waals surface area contributed by atoms with Gasteiger partial charge in [-0.15, -0.1) is 0 Å². The van der Waals surface area contributed by atoms with E-state index in [0.717, 1.165) is 41.0 Å². The van der Waals surface area contributed by atoms with Gasteiger partial charge in [-0.25, -0.2) is 0 Å². The van der Waals surface area contributed by atoms with Gasteiger partial charge < -0.3 is 9.47 Å². The van der Waals surface area contributed by atoms with E-state index in [1.165, 1.54) is 61.2 Å². The summed E-state index contributed by atoms with van der Waals surface area (Å²) in [6, 6.07) is 57.6. The first-order valence-electron chi connectivity index (χ1n) is 18.6. The predicted molar refractivity (Wildman–Crippen MR) is 221 cm³/mol. The number of para-hydroxylation sites is 2. The lowest BCUT2D eigenvalue weighted by Gasteiger charge is -2.28. The van der Waals surface area contributed by atoms with Crippen molar-refractivity contribution in [2.75, 3.05) is 4.90 Å². The summed E-state index contributed by atoms with van der Waals surface area (Å²) in [6.07, 6.45) is 8.19. The van der Waals surface area contributed by atoms with Gasteiger partial charge in [0.25, 0.3) is 0 Å². The number of aromatic nitrogens is 2. The summed E-state index contributed by atoms with van der Waals surface area (Å²) in [4.78, 5) is 6.81. The van der Waals surface area contributed by atoms with Gasteiger partial charge in [0.1, 0.15) is 0 Å². The van der Waals surface area contributed by atoms with Crippen molar-refractivity contribution in [3.63, 3.8) is 0 Å². The van der Waals surface area contributed by atoms with Crippen molar-refractivity contribution in [3.05, 3.63) is 198 Å². The van der Waals surface area contributed by atoms with Gasteiger partial charge in [0.2, 0.25) is 0 Å². The Morgan fingerprint density at radius 1 is 0.566 bits per heavy atom. The van der Waals surface area contributed by atoms with Crippen molar-refractivity contribution in [3.8, 4) is 27.9 Å². The van der Waals surface area contributed by atoms with Crippen molar-refractivity contribution in [1.82, 2.24) is 9.55 Å². The quantitative estimate of drug-likeness (QED) is 0.174. The van der Waals surface area contributed by atoms with E-state index in [1.807, 2.05) is 18.5 Å². The molecule has 2 aliphatic rings. The average molecular weight is 682 g/mol. The topological polar surface area (TPSA) is 21.1 Å². The van der Waals surface area contributed by atoms with Crippen LogP contribution in [0, 0.1) is 0 Å². The van der Waals surface area contributed by atoms with Gasteiger partial charge in [-0.2, -0.15) is 0 Å². The molecule has 0 aliphatic heterocycles. The van der Waals surface area contributed by atoms with Gasteiger partial charge in [-0.1, -0.05) is 111 Å². The van der Waals surface area contributed by atoms with E-state index in [9.17, 15) is 0 Å². The molecule has 0 saturated heterocycles. The summed E-state index contributed by atoms with van der Waals surface area (Å²) in [5, 5.41) is 1.31. The first-order valence-corrected chi connectivity index (χ1v) is 18.6. The van der Waals surface area contributed by atoms with E-state index in [4.69, 9.17) is 0 Å². The van der Waals surface area contributed by atoms with E-state index in [-0.39, 0.29) is 5.41 Å². The lowest BCUT2D eigenvalue weighted by Crippen LogP contribution is -2.16. The average Bonchev–Trinajstić information content (AvgIpc) is 3.67. The van der Waals surface area contributed by atoms with Crippen LogP contribution in [-0.2, 0) is 11.8 Å². The molecule has 53 heavy (non-hydrogen) atoms. The molecule has 0 fully saturated rings. The number of anilines is 3. The van der Waals surface area contributed by atoms with E-state index in [1.54, 1.807) is 0 Å². The summed E-state index contributed by atoms with van der Waals surface area (Å²) in [5.74, 6) is 0. The summed E-state index contributed by atoms with van der Waals surface area (Å²) in [6.45, 7) is 4.70. The van der Waals surface area contributed by atoms with Gasteiger partial charge in [0, 0.05) is 62.8 Å². The maximum Gasteiger partial charge on any atom is 0.0537 e. The molecular formula is C50H39N3. The fourth-order valence-corrected chi connectivity index (χ4v) is 8.79. The number of fused-ring (bicyclic) bond motifs is 6. The summed E-state index contributed by atoms with van der Waals surface area (Å²) < 4.78 is 2.45. The molecule has 10 rings (SSSR count). The number of nitrogens with zero attached hydrogens (tertiary/aromatic N) is 3. The molecule has 254 valence electrons. The predicted octanol–water partition coefficient (Wildman–Crippen LogP) is 13.0. The van der Waals surface area contributed by atoms with E-state index in [2.05, 4.69) is 186 Å². The lowest BCUT2D eigenvalue weighted by atomic mass is 9.82. The Bertz CT molecular complexity index is 2680. The third-order valence-corrected chi connectivity index (χ3v) is 11.4. The second kappa shape index (κ2) is 12.4. The molecule has 0 N–H and O–H groups in total. The molecule has 8 aromatic rings.